The molecule has 0 radical (unpaired) electrons. The zero-order chi connectivity index (χ0) is 16.8. The lowest BCUT2D eigenvalue weighted by Gasteiger charge is -2.31. The Balaban J connectivity index is 1.62. The van der Waals surface area contributed by atoms with Crippen molar-refractivity contribution in [3.05, 3.63) is 35.8 Å². The highest BCUT2D eigenvalue weighted by molar-refractivity contribution is 5.62. The van der Waals surface area contributed by atoms with Gasteiger partial charge in [-0.1, -0.05) is 0 Å². The minimum absolute atomic E-state index is 0.572. The number of nitrogens with zero attached hydrogens (tertiary/aromatic N) is 5. The summed E-state index contributed by atoms with van der Waals surface area (Å²) in [6, 6.07) is 5.18. The van der Waals surface area contributed by atoms with Gasteiger partial charge in [-0.3, -0.25) is 4.98 Å². The number of anilines is 1. The first-order valence-corrected chi connectivity index (χ1v) is 9.27. The maximum absolute atomic E-state index is 5.07. The summed E-state index contributed by atoms with van der Waals surface area (Å²) in [5, 5.41) is 3.47. The average Bonchev–Trinajstić information content (AvgIpc) is 3.22. The largest absolute Gasteiger partial charge is 0.349 e. The Labute approximate surface area is 148 Å². The van der Waals surface area contributed by atoms with Crippen molar-refractivity contribution in [1.82, 2.24) is 25.2 Å². The molecule has 6 heteroatoms. The van der Waals surface area contributed by atoms with Gasteiger partial charge in [-0.25, -0.2) is 9.97 Å². The van der Waals surface area contributed by atoms with E-state index in [-0.39, 0.29) is 0 Å². The second-order valence-corrected chi connectivity index (χ2v) is 7.48. The minimum atomic E-state index is 0.572. The van der Waals surface area contributed by atoms with Gasteiger partial charge >= 0.3 is 0 Å². The molecule has 3 aliphatic heterocycles. The quantitative estimate of drug-likeness (QED) is 0.903. The molecular formula is C19H24N6. The summed E-state index contributed by atoms with van der Waals surface area (Å²) in [7, 11) is 2.24. The van der Waals surface area contributed by atoms with Crippen LogP contribution in [-0.2, 0) is 13.1 Å². The summed E-state index contributed by atoms with van der Waals surface area (Å²) < 4.78 is 0. The molecule has 2 saturated heterocycles. The highest BCUT2D eigenvalue weighted by atomic mass is 15.3. The number of pyridine rings is 1. The molecule has 2 fully saturated rings. The third-order valence-electron chi connectivity index (χ3n) is 5.83. The molecule has 130 valence electrons. The van der Waals surface area contributed by atoms with Gasteiger partial charge in [0, 0.05) is 55.2 Å². The first-order valence-electron chi connectivity index (χ1n) is 9.27. The van der Waals surface area contributed by atoms with Crippen LogP contribution in [0.2, 0.25) is 0 Å². The monoisotopic (exact) mass is 336 g/mol. The second-order valence-electron chi connectivity index (χ2n) is 7.48. The predicted molar refractivity (Wildman–Crippen MR) is 97.2 cm³/mol. The lowest BCUT2D eigenvalue weighted by atomic mass is 10.1. The zero-order valence-electron chi connectivity index (χ0n) is 14.6. The number of hydrogen-bond donors (Lipinski definition) is 1. The summed E-state index contributed by atoms with van der Waals surface area (Å²) in [6.45, 7) is 4.03. The van der Waals surface area contributed by atoms with Crippen molar-refractivity contribution in [1.29, 1.82) is 0 Å². The summed E-state index contributed by atoms with van der Waals surface area (Å²) in [4.78, 5) is 19.1. The van der Waals surface area contributed by atoms with Crippen LogP contribution >= 0.6 is 0 Å². The van der Waals surface area contributed by atoms with E-state index in [0.29, 0.717) is 12.1 Å². The van der Waals surface area contributed by atoms with Gasteiger partial charge in [0.2, 0.25) is 0 Å². The number of likely N-dealkylation sites (tertiary alicyclic amines) is 1. The molecule has 2 atom stereocenters. The van der Waals surface area contributed by atoms with E-state index in [1.807, 2.05) is 24.5 Å². The Bertz CT molecular complexity index is 777. The van der Waals surface area contributed by atoms with E-state index >= 15 is 0 Å². The molecule has 0 saturated carbocycles. The summed E-state index contributed by atoms with van der Waals surface area (Å²) in [5.74, 6) is 2.00. The van der Waals surface area contributed by atoms with Gasteiger partial charge < -0.3 is 15.1 Å². The third kappa shape index (κ3) is 2.60. The van der Waals surface area contributed by atoms with Crippen LogP contribution < -0.4 is 10.2 Å². The fourth-order valence-electron chi connectivity index (χ4n) is 4.58. The molecule has 25 heavy (non-hydrogen) atoms. The van der Waals surface area contributed by atoms with Gasteiger partial charge in [0.05, 0.1) is 5.69 Å². The predicted octanol–water partition coefficient (Wildman–Crippen LogP) is 1.81. The molecule has 0 aliphatic carbocycles. The molecule has 3 aliphatic rings. The molecule has 0 spiro atoms. The lowest BCUT2D eigenvalue weighted by molar-refractivity contribution is 0.315. The van der Waals surface area contributed by atoms with Crippen LogP contribution in [0.15, 0.2) is 24.5 Å². The molecule has 2 aromatic heterocycles. The molecular weight excluding hydrogens is 312 g/mol. The van der Waals surface area contributed by atoms with Gasteiger partial charge in [-0.05, 0) is 45.0 Å². The maximum Gasteiger partial charge on any atom is 0.161 e. The van der Waals surface area contributed by atoms with E-state index in [1.54, 1.807) is 0 Å². The zero-order valence-corrected chi connectivity index (χ0v) is 14.6. The lowest BCUT2D eigenvalue weighted by Crippen LogP contribution is -2.39. The van der Waals surface area contributed by atoms with Crippen LogP contribution in [0.1, 0.15) is 30.5 Å². The first kappa shape index (κ1) is 15.2. The van der Waals surface area contributed by atoms with Crippen molar-refractivity contribution >= 4 is 5.82 Å². The molecule has 0 unspecified atom stereocenters. The van der Waals surface area contributed by atoms with Gasteiger partial charge in [0.25, 0.3) is 0 Å². The standard InChI is InChI=1S/C19H24N6/c1-24-9-6-14-2-3-15(12-24)25(14)19-16-10-21-11-17(16)22-18(23-19)13-4-7-20-8-5-13/h4-5,7-8,14-15,21H,2-3,6,9-12H2,1H3/t14-,15+/m1/s1. The molecule has 2 bridgehead atoms. The normalized spacial score (nSPS) is 25.9. The van der Waals surface area contributed by atoms with Gasteiger partial charge in [-0.15, -0.1) is 0 Å². The Morgan fingerprint density at radius 3 is 2.76 bits per heavy atom. The van der Waals surface area contributed by atoms with Crippen LogP contribution in [0, 0.1) is 0 Å². The summed E-state index contributed by atoms with van der Waals surface area (Å²) >= 11 is 0. The topological polar surface area (TPSA) is 57.2 Å². The number of likely N-dealkylation sites (N-methyl/N-ethyl adjacent to an activating group) is 1. The Morgan fingerprint density at radius 1 is 1.04 bits per heavy atom. The van der Waals surface area contributed by atoms with Crippen LogP contribution in [0.25, 0.3) is 11.4 Å². The van der Waals surface area contributed by atoms with Crippen molar-refractivity contribution in [2.75, 3.05) is 25.0 Å². The van der Waals surface area contributed by atoms with E-state index in [9.17, 15) is 0 Å². The van der Waals surface area contributed by atoms with Gasteiger partial charge in [0.1, 0.15) is 5.82 Å². The fraction of sp³-hybridized carbons (Fsp3) is 0.526. The molecule has 6 nitrogen and oxygen atoms in total. The molecule has 5 rings (SSSR count). The Kier molecular flexibility index (Phi) is 3.68. The van der Waals surface area contributed by atoms with Crippen molar-refractivity contribution in [3.8, 4) is 11.4 Å². The summed E-state index contributed by atoms with van der Waals surface area (Å²) in [5.41, 5.74) is 3.51. The van der Waals surface area contributed by atoms with E-state index in [0.717, 1.165) is 36.7 Å². The number of rotatable bonds is 2. The molecule has 5 heterocycles. The second kappa shape index (κ2) is 6.04. The molecule has 2 aromatic rings. The van der Waals surface area contributed by atoms with E-state index in [4.69, 9.17) is 9.97 Å². The number of hydrogen-bond acceptors (Lipinski definition) is 6. The summed E-state index contributed by atoms with van der Waals surface area (Å²) in [6.07, 6.45) is 7.41. The van der Waals surface area contributed by atoms with Gasteiger partial charge in [0.15, 0.2) is 5.82 Å². The smallest absolute Gasteiger partial charge is 0.161 e. The highest BCUT2D eigenvalue weighted by Gasteiger charge is 2.39. The van der Waals surface area contributed by atoms with Crippen molar-refractivity contribution < 1.29 is 0 Å². The van der Waals surface area contributed by atoms with E-state index in [1.165, 1.54) is 37.2 Å². The Hall–Kier alpha value is -2.05. The molecule has 1 N–H and O–H groups in total. The maximum atomic E-state index is 5.07. The van der Waals surface area contributed by atoms with Crippen LogP contribution in [0.4, 0.5) is 5.82 Å². The first-order chi connectivity index (χ1) is 12.3. The third-order valence-corrected chi connectivity index (χ3v) is 5.83. The Morgan fingerprint density at radius 2 is 1.88 bits per heavy atom. The van der Waals surface area contributed by atoms with Gasteiger partial charge in [-0.2, -0.15) is 0 Å². The average molecular weight is 336 g/mol. The minimum Gasteiger partial charge on any atom is -0.349 e. The fourth-order valence-corrected chi connectivity index (χ4v) is 4.58. The number of aromatic nitrogens is 3. The SMILES string of the molecule is CN1CC[C@H]2CC[C@@H](C1)N2c1nc(-c2ccncc2)nc2c1CNC2. The number of nitrogens with one attached hydrogen (secondary N) is 1. The number of fused-ring (bicyclic) bond motifs is 3. The van der Waals surface area contributed by atoms with Crippen LogP contribution in [0.3, 0.4) is 0 Å². The van der Waals surface area contributed by atoms with Crippen molar-refractivity contribution in [2.45, 2.75) is 44.4 Å². The molecule has 0 aromatic carbocycles. The van der Waals surface area contributed by atoms with Crippen LogP contribution in [-0.4, -0.2) is 52.1 Å². The van der Waals surface area contributed by atoms with Crippen LogP contribution in [0.5, 0.6) is 0 Å². The highest BCUT2D eigenvalue weighted by Crippen LogP contribution is 2.38. The van der Waals surface area contributed by atoms with E-state index in [2.05, 4.69) is 27.1 Å². The van der Waals surface area contributed by atoms with Crippen molar-refractivity contribution in [2.24, 2.45) is 0 Å². The molecule has 0 amide bonds. The van der Waals surface area contributed by atoms with Crippen molar-refractivity contribution in [3.63, 3.8) is 0 Å². The van der Waals surface area contributed by atoms with E-state index < -0.39 is 0 Å².